The zero-order valence-electron chi connectivity index (χ0n) is 13.5. The van der Waals surface area contributed by atoms with Gasteiger partial charge in [-0.1, -0.05) is 36.4 Å². The summed E-state index contributed by atoms with van der Waals surface area (Å²) in [6.45, 7) is 0.616. The summed E-state index contributed by atoms with van der Waals surface area (Å²) in [5.41, 5.74) is -3.52. The van der Waals surface area contributed by atoms with Crippen molar-refractivity contribution in [1.82, 2.24) is 4.98 Å². The third kappa shape index (κ3) is 2.95. The predicted molar refractivity (Wildman–Crippen MR) is 89.3 cm³/mol. The molecule has 136 valence electrons. The molecule has 4 nitrogen and oxygen atoms in total. The second-order valence-electron chi connectivity index (χ2n) is 5.96. The molecule has 0 fully saturated rings. The van der Waals surface area contributed by atoms with Crippen LogP contribution in [-0.4, -0.2) is 24.7 Å². The van der Waals surface area contributed by atoms with E-state index in [-0.39, 0.29) is 9.79 Å². The molecule has 0 saturated heterocycles. The lowest BCUT2D eigenvalue weighted by Crippen LogP contribution is -2.39. The van der Waals surface area contributed by atoms with Gasteiger partial charge in [0.05, 0.1) is 9.79 Å². The molecule has 0 aliphatic heterocycles. The SMILES string of the molecule is CC(O)(c1ccc(S(=O)(=O)c2cncc3ccccc23)cc1)C(F)(F)F. The van der Waals surface area contributed by atoms with Crippen LogP contribution in [0, 0.1) is 0 Å². The number of rotatable bonds is 3. The average Bonchev–Trinajstić information content (AvgIpc) is 2.60. The minimum atomic E-state index is -4.88. The van der Waals surface area contributed by atoms with E-state index < -0.39 is 27.2 Å². The molecule has 1 unspecified atom stereocenters. The number of pyridine rings is 1. The van der Waals surface area contributed by atoms with Gasteiger partial charge >= 0.3 is 6.18 Å². The van der Waals surface area contributed by atoms with Crippen LogP contribution in [0.25, 0.3) is 10.8 Å². The number of hydrogen-bond donors (Lipinski definition) is 1. The molecular weight excluding hydrogens is 367 g/mol. The fourth-order valence-corrected chi connectivity index (χ4v) is 3.98. The quantitative estimate of drug-likeness (QED) is 0.749. The molecule has 1 atom stereocenters. The van der Waals surface area contributed by atoms with Crippen LogP contribution in [0.5, 0.6) is 0 Å². The van der Waals surface area contributed by atoms with Gasteiger partial charge in [0.2, 0.25) is 9.84 Å². The topological polar surface area (TPSA) is 67.3 Å². The van der Waals surface area contributed by atoms with Gasteiger partial charge in [0.15, 0.2) is 5.60 Å². The molecule has 1 aromatic heterocycles. The van der Waals surface area contributed by atoms with E-state index in [0.717, 1.165) is 24.3 Å². The highest BCUT2D eigenvalue weighted by Crippen LogP contribution is 2.39. The number of alkyl halides is 3. The molecule has 0 aliphatic rings. The van der Waals surface area contributed by atoms with E-state index in [9.17, 15) is 26.7 Å². The zero-order chi connectivity index (χ0) is 19.2. The van der Waals surface area contributed by atoms with Crippen molar-refractivity contribution in [3.8, 4) is 0 Å². The summed E-state index contributed by atoms with van der Waals surface area (Å²) < 4.78 is 64.5. The molecule has 3 rings (SSSR count). The van der Waals surface area contributed by atoms with Gasteiger partial charge in [-0.05, 0) is 24.6 Å². The molecule has 8 heteroatoms. The van der Waals surface area contributed by atoms with Gasteiger partial charge in [-0.25, -0.2) is 8.42 Å². The molecule has 0 aliphatic carbocycles. The van der Waals surface area contributed by atoms with E-state index in [4.69, 9.17) is 0 Å². The standard InChI is InChI=1S/C18H14F3NO3S/c1-17(23,18(19,20)21)13-6-8-14(9-7-13)26(24,25)16-11-22-10-12-4-2-3-5-15(12)16/h2-11,23H,1H3. The van der Waals surface area contributed by atoms with Gasteiger partial charge in [0.25, 0.3) is 0 Å². The molecule has 1 N–H and O–H groups in total. The summed E-state index contributed by atoms with van der Waals surface area (Å²) in [7, 11) is -3.99. The molecular formula is C18H14F3NO3S. The number of fused-ring (bicyclic) bond motifs is 1. The van der Waals surface area contributed by atoms with E-state index in [0.29, 0.717) is 17.7 Å². The van der Waals surface area contributed by atoms with Crippen molar-refractivity contribution < 1.29 is 26.7 Å². The van der Waals surface area contributed by atoms with Crippen LogP contribution >= 0.6 is 0 Å². The molecule has 0 saturated carbocycles. The van der Waals surface area contributed by atoms with E-state index in [2.05, 4.69) is 4.98 Å². The Balaban J connectivity index is 2.09. The van der Waals surface area contributed by atoms with E-state index in [1.807, 2.05) is 0 Å². The van der Waals surface area contributed by atoms with Crippen molar-refractivity contribution in [2.75, 3.05) is 0 Å². The summed E-state index contributed by atoms with van der Waals surface area (Å²) in [6.07, 6.45) is -2.15. The average molecular weight is 381 g/mol. The van der Waals surface area contributed by atoms with Crippen molar-refractivity contribution >= 4 is 20.6 Å². The number of hydrogen-bond acceptors (Lipinski definition) is 4. The molecule has 26 heavy (non-hydrogen) atoms. The van der Waals surface area contributed by atoms with Crippen LogP contribution < -0.4 is 0 Å². The van der Waals surface area contributed by atoms with Crippen molar-refractivity contribution in [1.29, 1.82) is 0 Å². The first kappa shape index (κ1) is 18.3. The van der Waals surface area contributed by atoms with E-state index in [1.165, 1.54) is 12.4 Å². The third-order valence-electron chi connectivity index (χ3n) is 4.20. The first-order chi connectivity index (χ1) is 12.0. The maximum atomic E-state index is 12.9. The first-order valence-electron chi connectivity index (χ1n) is 7.52. The highest BCUT2D eigenvalue weighted by Gasteiger charge is 2.51. The number of sulfone groups is 1. The highest BCUT2D eigenvalue weighted by molar-refractivity contribution is 7.91. The van der Waals surface area contributed by atoms with Gasteiger partial charge in [0.1, 0.15) is 0 Å². The van der Waals surface area contributed by atoms with Crippen molar-refractivity contribution in [3.63, 3.8) is 0 Å². The van der Waals surface area contributed by atoms with Crippen LogP contribution in [0.4, 0.5) is 13.2 Å². The molecule has 0 radical (unpaired) electrons. The lowest BCUT2D eigenvalue weighted by atomic mass is 9.96. The summed E-state index contributed by atoms with van der Waals surface area (Å²) in [4.78, 5) is 3.71. The maximum absolute atomic E-state index is 12.9. The molecule has 0 bridgehead atoms. The monoisotopic (exact) mass is 381 g/mol. The van der Waals surface area contributed by atoms with Crippen molar-refractivity contribution in [3.05, 3.63) is 66.5 Å². The Kier molecular flexibility index (Phi) is 4.28. The number of halogens is 3. The van der Waals surface area contributed by atoms with E-state index in [1.54, 1.807) is 24.3 Å². The molecule has 0 amide bonds. The number of aliphatic hydroxyl groups is 1. The minimum absolute atomic E-state index is 0.0362. The van der Waals surface area contributed by atoms with Gasteiger partial charge in [-0.3, -0.25) is 4.98 Å². The Hall–Kier alpha value is -2.45. The normalized spacial score (nSPS) is 15.0. The van der Waals surface area contributed by atoms with Crippen molar-refractivity contribution in [2.45, 2.75) is 28.5 Å². The smallest absolute Gasteiger partial charge is 0.376 e. The van der Waals surface area contributed by atoms with Gasteiger partial charge in [-0.15, -0.1) is 0 Å². The second kappa shape index (κ2) is 6.07. The minimum Gasteiger partial charge on any atom is -0.376 e. The largest absolute Gasteiger partial charge is 0.421 e. The number of benzene rings is 2. The van der Waals surface area contributed by atoms with Crippen LogP contribution in [0.15, 0.2) is 70.7 Å². The fourth-order valence-electron chi connectivity index (χ4n) is 2.55. The second-order valence-corrected chi connectivity index (χ2v) is 7.87. The van der Waals surface area contributed by atoms with Crippen LogP contribution in [0.2, 0.25) is 0 Å². The molecule has 1 heterocycles. The Morgan fingerprint density at radius 1 is 0.962 bits per heavy atom. The zero-order valence-corrected chi connectivity index (χ0v) is 14.3. The predicted octanol–water partition coefficient (Wildman–Crippen LogP) is 3.84. The lowest BCUT2D eigenvalue weighted by molar-refractivity contribution is -0.258. The van der Waals surface area contributed by atoms with Gasteiger partial charge < -0.3 is 5.11 Å². The van der Waals surface area contributed by atoms with E-state index >= 15 is 0 Å². The number of aromatic nitrogens is 1. The third-order valence-corrected chi connectivity index (χ3v) is 6.00. The first-order valence-corrected chi connectivity index (χ1v) is 9.01. The Labute approximate surface area is 147 Å². The van der Waals surface area contributed by atoms with Crippen molar-refractivity contribution in [2.24, 2.45) is 0 Å². The van der Waals surface area contributed by atoms with Crippen LogP contribution in [0.3, 0.4) is 0 Å². The Bertz CT molecular complexity index is 1050. The Morgan fingerprint density at radius 2 is 1.58 bits per heavy atom. The van der Waals surface area contributed by atoms with Crippen LogP contribution in [0.1, 0.15) is 12.5 Å². The summed E-state index contributed by atoms with van der Waals surface area (Å²) in [5.74, 6) is 0. The summed E-state index contributed by atoms with van der Waals surface area (Å²) in [5, 5.41) is 10.8. The molecule has 0 spiro atoms. The van der Waals surface area contributed by atoms with Gasteiger partial charge in [-0.2, -0.15) is 13.2 Å². The highest BCUT2D eigenvalue weighted by atomic mass is 32.2. The van der Waals surface area contributed by atoms with Crippen LogP contribution in [-0.2, 0) is 15.4 Å². The summed E-state index contributed by atoms with van der Waals surface area (Å²) in [6, 6.07) is 10.8. The summed E-state index contributed by atoms with van der Waals surface area (Å²) >= 11 is 0. The van der Waals surface area contributed by atoms with Gasteiger partial charge in [0, 0.05) is 23.2 Å². The lowest BCUT2D eigenvalue weighted by Gasteiger charge is -2.26. The maximum Gasteiger partial charge on any atom is 0.421 e. The number of nitrogens with zero attached hydrogens (tertiary/aromatic N) is 1. The molecule has 3 aromatic rings. The Morgan fingerprint density at radius 3 is 2.19 bits per heavy atom. The fraction of sp³-hybridized carbons (Fsp3) is 0.167. The molecule has 2 aromatic carbocycles.